The highest BCUT2D eigenvalue weighted by Gasteiger charge is 2.26. The van der Waals surface area contributed by atoms with E-state index >= 15 is 0 Å². The van der Waals surface area contributed by atoms with E-state index in [0.29, 0.717) is 63.0 Å². The number of piperazine rings is 1. The summed E-state index contributed by atoms with van der Waals surface area (Å²) in [5.41, 5.74) is 0.631. The number of benzene rings is 1. The molecule has 3 rings (SSSR count). The number of carbonyl (C=O) groups is 2. The molecule has 0 spiro atoms. The monoisotopic (exact) mass is 361 g/mol. The van der Waals surface area contributed by atoms with Gasteiger partial charge in [-0.15, -0.1) is 0 Å². The summed E-state index contributed by atoms with van der Waals surface area (Å²) in [6, 6.07) is 5.21. The minimum atomic E-state index is -0.0636. The van der Waals surface area contributed by atoms with Crippen molar-refractivity contribution in [3.05, 3.63) is 23.8 Å². The van der Waals surface area contributed by atoms with Gasteiger partial charge in [0.1, 0.15) is 13.2 Å². The van der Waals surface area contributed by atoms with Crippen molar-refractivity contribution in [2.45, 2.75) is 20.8 Å². The first-order valence-electron chi connectivity index (χ1n) is 9.05. The summed E-state index contributed by atoms with van der Waals surface area (Å²) >= 11 is 0. The molecule has 0 saturated carbocycles. The van der Waals surface area contributed by atoms with E-state index in [9.17, 15) is 9.59 Å². The van der Waals surface area contributed by atoms with Crippen LogP contribution in [0.25, 0.3) is 0 Å². The Labute approximate surface area is 154 Å². The van der Waals surface area contributed by atoms with Gasteiger partial charge in [-0.05, 0) is 23.6 Å². The van der Waals surface area contributed by atoms with Gasteiger partial charge in [-0.3, -0.25) is 4.79 Å². The van der Waals surface area contributed by atoms with E-state index in [1.54, 1.807) is 28.0 Å². The molecular weight excluding hydrogens is 334 g/mol. The van der Waals surface area contributed by atoms with Crippen molar-refractivity contribution < 1.29 is 19.1 Å². The fourth-order valence-electron chi connectivity index (χ4n) is 2.92. The summed E-state index contributed by atoms with van der Waals surface area (Å²) < 4.78 is 11.0. The normalized spacial score (nSPS) is 17.0. The molecule has 1 saturated heterocycles. The largest absolute Gasteiger partial charge is 0.486 e. The predicted octanol–water partition coefficient (Wildman–Crippen LogP) is 1.97. The zero-order valence-corrected chi connectivity index (χ0v) is 15.7. The molecule has 0 unspecified atom stereocenters. The third-order valence-corrected chi connectivity index (χ3v) is 4.41. The molecule has 0 radical (unpaired) electrons. The van der Waals surface area contributed by atoms with Crippen LogP contribution >= 0.6 is 0 Å². The number of rotatable bonds is 2. The number of urea groups is 1. The lowest BCUT2D eigenvalue weighted by Gasteiger charge is -2.35. The average molecular weight is 361 g/mol. The average Bonchev–Trinajstić information content (AvgIpc) is 2.64. The zero-order valence-electron chi connectivity index (χ0n) is 15.7. The van der Waals surface area contributed by atoms with Crippen LogP contribution in [0.4, 0.5) is 4.79 Å². The number of carbonyl (C=O) groups excluding carboxylic acids is 2. The summed E-state index contributed by atoms with van der Waals surface area (Å²) in [5.74, 6) is 1.24. The lowest BCUT2D eigenvalue weighted by atomic mass is 9.97. The van der Waals surface area contributed by atoms with Crippen molar-refractivity contribution in [3.8, 4) is 11.5 Å². The van der Waals surface area contributed by atoms with Crippen LogP contribution in [0.1, 0.15) is 31.1 Å². The van der Waals surface area contributed by atoms with Crippen LogP contribution in [0.5, 0.6) is 11.5 Å². The molecular formula is C19H27N3O4. The third-order valence-electron chi connectivity index (χ3n) is 4.41. The van der Waals surface area contributed by atoms with Crippen LogP contribution in [-0.4, -0.2) is 67.7 Å². The van der Waals surface area contributed by atoms with E-state index < -0.39 is 0 Å². The molecule has 1 aromatic carbocycles. The van der Waals surface area contributed by atoms with E-state index in [1.807, 2.05) is 0 Å². The molecule has 0 bridgehead atoms. The smallest absolute Gasteiger partial charge is 0.317 e. The second-order valence-corrected chi connectivity index (χ2v) is 7.86. The Morgan fingerprint density at radius 3 is 2.27 bits per heavy atom. The molecule has 7 nitrogen and oxygen atoms in total. The molecule has 1 fully saturated rings. The molecule has 2 heterocycles. The molecule has 2 aliphatic rings. The van der Waals surface area contributed by atoms with Gasteiger partial charge < -0.3 is 24.6 Å². The third kappa shape index (κ3) is 4.39. The molecule has 2 aliphatic heterocycles. The Morgan fingerprint density at radius 1 is 1.00 bits per heavy atom. The zero-order chi connectivity index (χ0) is 18.7. The van der Waals surface area contributed by atoms with E-state index in [2.05, 4.69) is 26.1 Å². The van der Waals surface area contributed by atoms with Crippen LogP contribution in [0.15, 0.2) is 18.2 Å². The molecule has 0 atom stereocenters. The topological polar surface area (TPSA) is 71.1 Å². The maximum absolute atomic E-state index is 12.7. The van der Waals surface area contributed by atoms with Gasteiger partial charge in [-0.1, -0.05) is 20.8 Å². The number of ether oxygens (including phenoxy) is 2. The first kappa shape index (κ1) is 18.4. The van der Waals surface area contributed by atoms with Gasteiger partial charge in [0.05, 0.1) is 0 Å². The molecule has 3 amide bonds. The maximum atomic E-state index is 12.7. The van der Waals surface area contributed by atoms with Crippen molar-refractivity contribution >= 4 is 11.9 Å². The van der Waals surface area contributed by atoms with Crippen molar-refractivity contribution in [3.63, 3.8) is 0 Å². The lowest BCUT2D eigenvalue weighted by Crippen LogP contribution is -2.53. The first-order chi connectivity index (χ1) is 12.3. The fraction of sp³-hybridized carbons (Fsp3) is 0.579. The number of hydrogen-bond acceptors (Lipinski definition) is 4. The Bertz CT molecular complexity index is 676. The minimum Gasteiger partial charge on any atom is -0.486 e. The van der Waals surface area contributed by atoms with Gasteiger partial charge in [0.25, 0.3) is 5.91 Å². The van der Waals surface area contributed by atoms with Crippen LogP contribution in [0.3, 0.4) is 0 Å². The van der Waals surface area contributed by atoms with Crippen LogP contribution in [-0.2, 0) is 0 Å². The summed E-state index contributed by atoms with van der Waals surface area (Å²) in [5, 5.41) is 2.96. The highest BCUT2D eigenvalue weighted by molar-refractivity contribution is 5.95. The highest BCUT2D eigenvalue weighted by Crippen LogP contribution is 2.31. The molecule has 26 heavy (non-hydrogen) atoms. The number of fused-ring (bicyclic) bond motifs is 1. The highest BCUT2D eigenvalue weighted by atomic mass is 16.6. The molecule has 7 heteroatoms. The van der Waals surface area contributed by atoms with Crippen molar-refractivity contribution in [1.29, 1.82) is 0 Å². The van der Waals surface area contributed by atoms with E-state index in [1.165, 1.54) is 0 Å². The second kappa shape index (κ2) is 7.43. The Hall–Kier alpha value is -2.44. The van der Waals surface area contributed by atoms with Crippen LogP contribution in [0, 0.1) is 5.41 Å². The molecule has 1 N–H and O–H groups in total. The van der Waals surface area contributed by atoms with E-state index in [-0.39, 0.29) is 17.4 Å². The quantitative estimate of drug-likeness (QED) is 0.874. The first-order valence-corrected chi connectivity index (χ1v) is 9.05. The van der Waals surface area contributed by atoms with Crippen LogP contribution < -0.4 is 14.8 Å². The molecule has 1 aromatic rings. The molecule has 0 aliphatic carbocycles. The Kier molecular flexibility index (Phi) is 5.25. The molecule has 0 aromatic heterocycles. The van der Waals surface area contributed by atoms with Gasteiger partial charge in [-0.2, -0.15) is 0 Å². The molecule has 142 valence electrons. The summed E-state index contributed by atoms with van der Waals surface area (Å²) in [4.78, 5) is 28.5. The van der Waals surface area contributed by atoms with Gasteiger partial charge in [0.15, 0.2) is 11.5 Å². The Morgan fingerprint density at radius 2 is 1.62 bits per heavy atom. The number of nitrogens with one attached hydrogen (secondary N) is 1. The summed E-state index contributed by atoms with van der Waals surface area (Å²) in [6.45, 7) is 10.0. The standard InChI is InChI=1S/C19H27N3O4/c1-19(2,3)13-20-18(24)22-8-6-21(7-9-22)17(23)14-4-5-15-16(12-14)26-11-10-25-15/h4-5,12H,6-11,13H2,1-3H3,(H,20,24). The lowest BCUT2D eigenvalue weighted by molar-refractivity contribution is 0.0663. The van der Waals surface area contributed by atoms with Gasteiger partial charge in [0.2, 0.25) is 0 Å². The summed E-state index contributed by atoms with van der Waals surface area (Å²) in [7, 11) is 0. The number of hydrogen-bond donors (Lipinski definition) is 1. The van der Waals surface area contributed by atoms with Gasteiger partial charge in [0, 0.05) is 38.3 Å². The minimum absolute atomic E-state index is 0.0447. The maximum Gasteiger partial charge on any atom is 0.317 e. The predicted molar refractivity (Wildman–Crippen MR) is 97.8 cm³/mol. The SMILES string of the molecule is CC(C)(C)CNC(=O)N1CCN(C(=O)c2ccc3c(c2)OCCO3)CC1. The van der Waals surface area contributed by atoms with E-state index in [0.717, 1.165) is 0 Å². The van der Waals surface area contributed by atoms with Crippen molar-refractivity contribution in [2.75, 3.05) is 45.9 Å². The van der Waals surface area contributed by atoms with E-state index in [4.69, 9.17) is 9.47 Å². The second-order valence-electron chi connectivity index (χ2n) is 7.86. The number of amides is 3. The van der Waals surface area contributed by atoms with Crippen LogP contribution in [0.2, 0.25) is 0 Å². The van der Waals surface area contributed by atoms with Gasteiger partial charge >= 0.3 is 6.03 Å². The van der Waals surface area contributed by atoms with Gasteiger partial charge in [-0.25, -0.2) is 4.79 Å². The van der Waals surface area contributed by atoms with Crippen molar-refractivity contribution in [2.24, 2.45) is 5.41 Å². The number of nitrogens with zero attached hydrogens (tertiary/aromatic N) is 2. The fourth-order valence-corrected chi connectivity index (χ4v) is 2.92. The summed E-state index contributed by atoms with van der Waals surface area (Å²) in [6.07, 6.45) is 0. The Balaban J connectivity index is 1.54. The van der Waals surface area contributed by atoms with Crippen molar-refractivity contribution in [1.82, 2.24) is 15.1 Å².